The van der Waals surface area contributed by atoms with Crippen LogP contribution < -0.4 is 0 Å². The maximum Gasteiger partial charge on any atom is 0.377 e. The smallest absolute Gasteiger partial charge is 0.377 e. The third kappa shape index (κ3) is 5.17. The number of carbonyl (C=O) groups is 2. The highest BCUT2D eigenvalue weighted by Gasteiger charge is 2.42. The lowest BCUT2D eigenvalue weighted by Crippen LogP contribution is -2.31. The summed E-state index contributed by atoms with van der Waals surface area (Å²) in [6.07, 6.45) is 5.24. The van der Waals surface area contributed by atoms with Crippen LogP contribution in [0, 0.1) is 0 Å². The van der Waals surface area contributed by atoms with E-state index in [1.54, 1.807) is 22.9 Å². The molecule has 1 aliphatic rings. The Balaban J connectivity index is 0.00000149. The number of aliphatic hydroxyl groups is 1. The van der Waals surface area contributed by atoms with E-state index in [4.69, 9.17) is 5.11 Å². The summed E-state index contributed by atoms with van der Waals surface area (Å²) in [6, 6.07) is 11.3. The molecule has 8 heteroatoms. The number of aldehydes is 1. The molecule has 1 aliphatic carbocycles. The fourth-order valence-electron chi connectivity index (χ4n) is 4.12. The second kappa shape index (κ2) is 10.5. The van der Waals surface area contributed by atoms with Gasteiger partial charge in [0.25, 0.3) is 0 Å². The van der Waals surface area contributed by atoms with Gasteiger partial charge < -0.3 is 14.2 Å². The predicted molar refractivity (Wildman–Crippen MR) is 120 cm³/mol. The number of aryl methyl sites for hydroxylation is 1. The number of alkyl halides is 2. The molecule has 3 aromatic rings. The van der Waals surface area contributed by atoms with Gasteiger partial charge >= 0.3 is 11.9 Å². The maximum atomic E-state index is 14.7. The molecule has 0 saturated carbocycles. The number of ether oxygens (including phenoxy) is 1. The first kappa shape index (κ1) is 24.3. The number of halogens is 2. The number of allylic oxidation sites excluding steroid dienone is 1. The number of hydrogen-bond acceptors (Lipinski definition) is 5. The van der Waals surface area contributed by atoms with Crippen molar-refractivity contribution in [2.24, 2.45) is 0 Å². The molecular formula is C25H26F2N2O4. The predicted octanol–water partition coefficient (Wildman–Crippen LogP) is 4.48. The van der Waals surface area contributed by atoms with Gasteiger partial charge in [-0.05, 0) is 60.6 Å². The molecule has 6 nitrogen and oxygen atoms in total. The van der Waals surface area contributed by atoms with Gasteiger partial charge in [-0.3, -0.25) is 4.79 Å². The topological polar surface area (TPSA) is 80.9 Å². The zero-order chi connectivity index (χ0) is 24.0. The first-order chi connectivity index (χ1) is 15.9. The highest BCUT2D eigenvalue weighted by molar-refractivity contribution is 5.87. The molecule has 0 aliphatic heterocycles. The standard InChI is InChI=1S/C24H22F2N2O3.CH4O/c1-2-31-23(30)24(25,26)13-18-8-5-7-16-6-3-4-9-20(16)22(18)17-10-11-28-14-19(15-29)27-21(28)12-17;1-2/h3-4,6,9-12,14-15H,2,5,7-8,13H2,1H3;2H,1H3. The summed E-state index contributed by atoms with van der Waals surface area (Å²) in [4.78, 5) is 27.2. The summed E-state index contributed by atoms with van der Waals surface area (Å²) in [5.41, 5.74) is 4.71. The lowest BCUT2D eigenvalue weighted by Gasteiger charge is -2.20. The SMILES string of the molecule is CCOC(=O)C(F)(F)CC1=C(c2ccn3cc(C=O)nc3c2)c2ccccc2CCC1.CO. The third-order valence-corrected chi connectivity index (χ3v) is 5.46. The Bertz CT molecular complexity index is 1180. The number of imidazole rings is 1. The number of pyridine rings is 1. The molecule has 0 unspecified atom stereocenters. The molecule has 174 valence electrons. The Kier molecular flexibility index (Phi) is 7.71. The van der Waals surface area contributed by atoms with Crippen LogP contribution in [0.3, 0.4) is 0 Å². The highest BCUT2D eigenvalue weighted by Crippen LogP contribution is 2.40. The van der Waals surface area contributed by atoms with E-state index in [0.717, 1.165) is 30.2 Å². The van der Waals surface area contributed by atoms with E-state index in [1.807, 2.05) is 30.3 Å². The quantitative estimate of drug-likeness (QED) is 0.437. The number of benzene rings is 1. The van der Waals surface area contributed by atoms with E-state index in [-0.39, 0.29) is 6.61 Å². The maximum absolute atomic E-state index is 14.7. The van der Waals surface area contributed by atoms with Crippen molar-refractivity contribution < 1.29 is 28.2 Å². The Morgan fingerprint density at radius 2 is 2.00 bits per heavy atom. The van der Waals surface area contributed by atoms with Crippen molar-refractivity contribution in [2.45, 2.75) is 38.5 Å². The van der Waals surface area contributed by atoms with Crippen molar-refractivity contribution in [3.8, 4) is 0 Å². The van der Waals surface area contributed by atoms with Crippen molar-refractivity contribution in [3.63, 3.8) is 0 Å². The molecule has 2 aromatic heterocycles. The van der Waals surface area contributed by atoms with Gasteiger partial charge in [0.2, 0.25) is 0 Å². The molecular weight excluding hydrogens is 430 g/mol. The molecule has 0 atom stereocenters. The van der Waals surface area contributed by atoms with E-state index in [2.05, 4.69) is 9.72 Å². The molecule has 1 aromatic carbocycles. The molecule has 0 spiro atoms. The van der Waals surface area contributed by atoms with Crippen LogP contribution in [-0.4, -0.2) is 46.4 Å². The van der Waals surface area contributed by atoms with E-state index in [9.17, 15) is 18.4 Å². The van der Waals surface area contributed by atoms with E-state index in [0.29, 0.717) is 41.6 Å². The highest BCUT2D eigenvalue weighted by atomic mass is 19.3. The first-order valence-electron chi connectivity index (χ1n) is 10.7. The number of aromatic nitrogens is 2. The largest absolute Gasteiger partial charge is 0.462 e. The Hall–Kier alpha value is -3.39. The number of carbonyl (C=O) groups excluding carboxylic acids is 2. The van der Waals surface area contributed by atoms with Crippen molar-refractivity contribution in [1.82, 2.24) is 9.38 Å². The molecule has 1 N–H and O–H groups in total. The van der Waals surface area contributed by atoms with Crippen LogP contribution in [0.15, 0.2) is 54.4 Å². The van der Waals surface area contributed by atoms with Crippen LogP contribution in [0.1, 0.15) is 53.4 Å². The lowest BCUT2D eigenvalue weighted by atomic mass is 9.89. The van der Waals surface area contributed by atoms with Gasteiger partial charge in [0.1, 0.15) is 11.3 Å². The van der Waals surface area contributed by atoms with Crippen LogP contribution in [0.25, 0.3) is 11.2 Å². The summed E-state index contributed by atoms with van der Waals surface area (Å²) in [5, 5.41) is 7.00. The van der Waals surface area contributed by atoms with Gasteiger partial charge in [-0.1, -0.05) is 29.8 Å². The fourth-order valence-corrected chi connectivity index (χ4v) is 4.12. The first-order valence-corrected chi connectivity index (χ1v) is 10.7. The van der Waals surface area contributed by atoms with Crippen LogP contribution >= 0.6 is 0 Å². The van der Waals surface area contributed by atoms with Crippen molar-refractivity contribution in [2.75, 3.05) is 13.7 Å². The van der Waals surface area contributed by atoms with Crippen LogP contribution in [0.5, 0.6) is 0 Å². The third-order valence-electron chi connectivity index (χ3n) is 5.46. The second-order valence-corrected chi connectivity index (χ2v) is 7.56. The summed E-state index contributed by atoms with van der Waals surface area (Å²) in [7, 11) is 1.00. The molecule has 0 amide bonds. The summed E-state index contributed by atoms with van der Waals surface area (Å²) in [6.45, 7) is 1.41. The average molecular weight is 456 g/mol. The zero-order valence-corrected chi connectivity index (χ0v) is 18.6. The molecule has 33 heavy (non-hydrogen) atoms. The zero-order valence-electron chi connectivity index (χ0n) is 18.6. The number of rotatable bonds is 6. The van der Waals surface area contributed by atoms with Crippen LogP contribution in [0.2, 0.25) is 0 Å². The number of esters is 1. The molecule has 4 rings (SSSR count). The van der Waals surface area contributed by atoms with Crippen LogP contribution in [0.4, 0.5) is 8.78 Å². The summed E-state index contributed by atoms with van der Waals surface area (Å²) in [5.74, 6) is -5.11. The average Bonchev–Trinajstić information content (AvgIpc) is 3.15. The Morgan fingerprint density at radius 1 is 1.24 bits per heavy atom. The van der Waals surface area contributed by atoms with E-state index >= 15 is 0 Å². The lowest BCUT2D eigenvalue weighted by molar-refractivity contribution is -0.171. The minimum atomic E-state index is -3.61. The van der Waals surface area contributed by atoms with E-state index < -0.39 is 18.3 Å². The monoisotopic (exact) mass is 456 g/mol. The molecule has 0 saturated heterocycles. The molecule has 0 fully saturated rings. The number of aliphatic hydroxyl groups excluding tert-OH is 1. The van der Waals surface area contributed by atoms with Crippen molar-refractivity contribution >= 4 is 23.5 Å². The molecule has 0 bridgehead atoms. The van der Waals surface area contributed by atoms with E-state index in [1.165, 1.54) is 6.92 Å². The number of nitrogens with zero attached hydrogens (tertiary/aromatic N) is 2. The van der Waals surface area contributed by atoms with Crippen molar-refractivity contribution in [3.05, 3.63) is 76.7 Å². The summed E-state index contributed by atoms with van der Waals surface area (Å²) >= 11 is 0. The Labute approximate surface area is 190 Å². The fraction of sp³-hybridized carbons (Fsp3) is 0.320. The van der Waals surface area contributed by atoms with Gasteiger partial charge in [0.15, 0.2) is 6.29 Å². The Morgan fingerprint density at radius 3 is 2.73 bits per heavy atom. The molecule has 2 heterocycles. The van der Waals surface area contributed by atoms with Crippen LogP contribution in [-0.2, 0) is 16.0 Å². The minimum Gasteiger partial charge on any atom is -0.462 e. The van der Waals surface area contributed by atoms with Gasteiger partial charge in [0, 0.05) is 25.9 Å². The molecule has 0 radical (unpaired) electrons. The number of fused-ring (bicyclic) bond motifs is 2. The van der Waals surface area contributed by atoms with Gasteiger partial charge in [-0.2, -0.15) is 8.78 Å². The van der Waals surface area contributed by atoms with Gasteiger partial charge in [-0.25, -0.2) is 9.78 Å². The van der Waals surface area contributed by atoms with Crippen molar-refractivity contribution in [1.29, 1.82) is 0 Å². The number of hydrogen-bond donors (Lipinski definition) is 1. The minimum absolute atomic E-state index is 0.0984. The second-order valence-electron chi connectivity index (χ2n) is 7.56. The van der Waals surface area contributed by atoms with Gasteiger partial charge in [-0.15, -0.1) is 0 Å². The van der Waals surface area contributed by atoms with Gasteiger partial charge in [0.05, 0.1) is 6.61 Å². The normalized spacial score (nSPS) is 13.6. The summed E-state index contributed by atoms with van der Waals surface area (Å²) < 4.78 is 35.8.